The Hall–Kier alpha value is -3.28. The zero-order chi connectivity index (χ0) is 22.4. The molecular weight excluding hydrogens is 462 g/mol. The third kappa shape index (κ3) is 5.87. The van der Waals surface area contributed by atoms with Crippen LogP contribution >= 0.6 is 23.8 Å². The summed E-state index contributed by atoms with van der Waals surface area (Å²) in [5, 5.41) is 13.5. The van der Waals surface area contributed by atoms with Gasteiger partial charge in [-0.2, -0.15) is 0 Å². The highest BCUT2D eigenvalue weighted by Crippen LogP contribution is 2.19. The van der Waals surface area contributed by atoms with Gasteiger partial charge in [-0.25, -0.2) is 13.2 Å². The third-order valence-corrected chi connectivity index (χ3v) is 5.65. The Labute approximate surface area is 188 Å². The number of nitrogens with one attached hydrogen (secondary N) is 3. The highest BCUT2D eigenvalue weighted by Gasteiger charge is 2.16. The Balaban J connectivity index is 1.67. The number of hydrogen-bond donors (Lipinski definition) is 3. The van der Waals surface area contributed by atoms with Crippen molar-refractivity contribution in [3.63, 3.8) is 0 Å². The molecule has 0 aliphatic rings. The number of aromatic nitrogens is 2. The predicted molar refractivity (Wildman–Crippen MR) is 122 cm³/mol. The summed E-state index contributed by atoms with van der Waals surface area (Å²) in [7, 11) is -2.57. The molecule has 0 radical (unpaired) electrons. The number of halogens is 1. The average Bonchev–Trinajstić information content (AvgIpc) is 2.75. The van der Waals surface area contributed by atoms with Gasteiger partial charge in [0.05, 0.1) is 23.3 Å². The van der Waals surface area contributed by atoms with Crippen molar-refractivity contribution in [1.82, 2.24) is 10.2 Å². The van der Waals surface area contributed by atoms with Gasteiger partial charge in [-0.15, -0.1) is 10.2 Å². The topological polar surface area (TPSA) is 122 Å². The first-order valence-corrected chi connectivity index (χ1v) is 10.9. The molecule has 0 unspecified atom stereocenters. The number of para-hydroxylation sites is 1. The minimum atomic E-state index is -3.86. The van der Waals surface area contributed by atoms with Crippen LogP contribution in [0.15, 0.2) is 65.6 Å². The molecule has 12 heteroatoms. The van der Waals surface area contributed by atoms with Crippen LogP contribution in [-0.4, -0.2) is 36.8 Å². The third-order valence-electron chi connectivity index (χ3n) is 3.87. The fraction of sp³-hybridized carbons (Fsp3) is 0.0526. The summed E-state index contributed by atoms with van der Waals surface area (Å²) in [5.41, 5.74) is 1.34. The van der Waals surface area contributed by atoms with Crippen LogP contribution in [0.2, 0.25) is 5.15 Å². The molecule has 9 nitrogen and oxygen atoms in total. The van der Waals surface area contributed by atoms with Crippen LogP contribution in [0.5, 0.6) is 0 Å². The Bertz CT molecular complexity index is 1200. The van der Waals surface area contributed by atoms with Crippen LogP contribution in [-0.2, 0) is 14.8 Å². The van der Waals surface area contributed by atoms with Crippen molar-refractivity contribution in [2.75, 3.05) is 22.5 Å². The molecule has 0 saturated carbocycles. The summed E-state index contributed by atoms with van der Waals surface area (Å²) in [4.78, 5) is 11.9. The van der Waals surface area contributed by atoms with Crippen molar-refractivity contribution in [2.45, 2.75) is 4.90 Å². The highest BCUT2D eigenvalue weighted by atomic mass is 35.5. The Morgan fingerprint density at radius 3 is 2.35 bits per heavy atom. The maximum Gasteiger partial charge on any atom is 0.339 e. The maximum atomic E-state index is 12.5. The number of esters is 1. The number of sulfonamides is 1. The van der Waals surface area contributed by atoms with Gasteiger partial charge in [0.25, 0.3) is 10.0 Å². The van der Waals surface area contributed by atoms with Crippen LogP contribution in [0, 0.1) is 0 Å². The summed E-state index contributed by atoms with van der Waals surface area (Å²) in [6.45, 7) is 0. The van der Waals surface area contributed by atoms with E-state index in [1.165, 1.54) is 31.4 Å². The number of anilines is 3. The molecule has 31 heavy (non-hydrogen) atoms. The fourth-order valence-electron chi connectivity index (χ4n) is 2.45. The summed E-state index contributed by atoms with van der Waals surface area (Å²) < 4.78 is 32.0. The molecule has 0 aliphatic heterocycles. The lowest BCUT2D eigenvalue weighted by molar-refractivity contribution is 0.0602. The van der Waals surface area contributed by atoms with Crippen molar-refractivity contribution in [3.05, 3.63) is 71.4 Å². The quantitative estimate of drug-likeness (QED) is 0.361. The SMILES string of the molecule is COC(=O)c1ccccc1NC(=S)Nc1ccc(S(=O)(=O)Nc2ccc(Cl)nn2)cc1. The minimum Gasteiger partial charge on any atom is -0.465 e. The summed E-state index contributed by atoms with van der Waals surface area (Å²) in [6, 6.07) is 15.5. The van der Waals surface area contributed by atoms with E-state index in [0.29, 0.717) is 16.9 Å². The van der Waals surface area contributed by atoms with Crippen LogP contribution in [0.1, 0.15) is 10.4 Å². The largest absolute Gasteiger partial charge is 0.465 e. The molecule has 160 valence electrons. The second-order valence-corrected chi connectivity index (χ2v) is 8.47. The molecule has 0 atom stereocenters. The normalized spacial score (nSPS) is 10.8. The van der Waals surface area contributed by atoms with E-state index in [4.69, 9.17) is 28.6 Å². The van der Waals surface area contributed by atoms with Crippen molar-refractivity contribution >= 4 is 62.1 Å². The lowest BCUT2D eigenvalue weighted by atomic mass is 10.2. The number of methoxy groups -OCH3 is 1. The van der Waals surface area contributed by atoms with Crippen LogP contribution in [0.3, 0.4) is 0 Å². The smallest absolute Gasteiger partial charge is 0.339 e. The molecule has 0 saturated heterocycles. The maximum absolute atomic E-state index is 12.5. The first kappa shape index (κ1) is 22.4. The van der Waals surface area contributed by atoms with Crippen molar-refractivity contribution < 1.29 is 17.9 Å². The second kappa shape index (κ2) is 9.69. The van der Waals surface area contributed by atoms with E-state index in [0.717, 1.165) is 0 Å². The van der Waals surface area contributed by atoms with E-state index < -0.39 is 16.0 Å². The molecule has 0 fully saturated rings. The highest BCUT2D eigenvalue weighted by molar-refractivity contribution is 7.92. The molecule has 0 bridgehead atoms. The van der Waals surface area contributed by atoms with Gasteiger partial charge in [-0.05, 0) is 60.7 Å². The molecular formula is C19H16ClN5O4S2. The van der Waals surface area contributed by atoms with Crippen molar-refractivity contribution in [3.8, 4) is 0 Å². The summed E-state index contributed by atoms with van der Waals surface area (Å²) in [6.07, 6.45) is 0. The number of hydrogen-bond acceptors (Lipinski definition) is 7. The van der Waals surface area contributed by atoms with Gasteiger partial charge in [-0.3, -0.25) is 4.72 Å². The van der Waals surface area contributed by atoms with Gasteiger partial charge in [0.15, 0.2) is 16.1 Å². The fourth-order valence-corrected chi connectivity index (χ4v) is 3.77. The van der Waals surface area contributed by atoms with E-state index >= 15 is 0 Å². The molecule has 3 aromatic rings. The first-order valence-electron chi connectivity index (χ1n) is 8.66. The molecule has 0 amide bonds. The van der Waals surface area contributed by atoms with E-state index in [-0.39, 0.29) is 21.0 Å². The molecule has 0 spiro atoms. The number of benzene rings is 2. The number of thiocarbonyl (C=S) groups is 1. The van der Waals surface area contributed by atoms with E-state index in [9.17, 15) is 13.2 Å². The monoisotopic (exact) mass is 477 g/mol. The van der Waals surface area contributed by atoms with E-state index in [1.54, 1.807) is 36.4 Å². The second-order valence-electron chi connectivity index (χ2n) is 5.99. The Kier molecular flexibility index (Phi) is 7.00. The standard InChI is InChI=1S/C19H16ClN5O4S2/c1-29-18(26)14-4-2-3-5-15(14)22-19(30)21-12-6-8-13(9-7-12)31(27,28)25-17-11-10-16(20)23-24-17/h2-11H,1H3,(H,24,25)(H2,21,22,30). The average molecular weight is 478 g/mol. The number of rotatable bonds is 6. The van der Waals surface area contributed by atoms with Gasteiger partial charge < -0.3 is 15.4 Å². The zero-order valence-corrected chi connectivity index (χ0v) is 18.4. The van der Waals surface area contributed by atoms with E-state index in [1.807, 2.05) is 0 Å². The molecule has 1 aromatic heterocycles. The van der Waals surface area contributed by atoms with Gasteiger partial charge in [0, 0.05) is 5.69 Å². The molecule has 2 aromatic carbocycles. The molecule has 3 rings (SSSR count). The Morgan fingerprint density at radius 1 is 1.00 bits per heavy atom. The van der Waals surface area contributed by atoms with Crippen molar-refractivity contribution in [2.24, 2.45) is 0 Å². The zero-order valence-electron chi connectivity index (χ0n) is 16.0. The lowest BCUT2D eigenvalue weighted by Gasteiger charge is -2.13. The van der Waals surface area contributed by atoms with Gasteiger partial charge >= 0.3 is 5.97 Å². The number of ether oxygens (including phenoxy) is 1. The van der Waals surface area contributed by atoms with Crippen molar-refractivity contribution in [1.29, 1.82) is 0 Å². The number of carbonyl (C=O) groups is 1. The van der Waals surface area contributed by atoms with Crippen LogP contribution < -0.4 is 15.4 Å². The first-order chi connectivity index (χ1) is 14.8. The van der Waals surface area contributed by atoms with Crippen LogP contribution in [0.25, 0.3) is 0 Å². The predicted octanol–water partition coefficient (Wildman–Crippen LogP) is 3.53. The van der Waals surface area contributed by atoms with Gasteiger partial charge in [-0.1, -0.05) is 23.7 Å². The van der Waals surface area contributed by atoms with Crippen LogP contribution in [0.4, 0.5) is 17.2 Å². The summed E-state index contributed by atoms with van der Waals surface area (Å²) >= 11 is 10.9. The molecule has 0 aliphatic carbocycles. The molecule has 3 N–H and O–H groups in total. The summed E-state index contributed by atoms with van der Waals surface area (Å²) in [5.74, 6) is -0.459. The van der Waals surface area contributed by atoms with E-state index in [2.05, 4.69) is 25.6 Å². The number of carbonyl (C=O) groups excluding carboxylic acids is 1. The Morgan fingerprint density at radius 2 is 1.71 bits per heavy atom. The van der Waals surface area contributed by atoms with Gasteiger partial charge in [0.1, 0.15) is 0 Å². The minimum absolute atomic E-state index is 0.0183. The lowest BCUT2D eigenvalue weighted by Crippen LogP contribution is -2.21. The number of nitrogens with zero attached hydrogens (tertiary/aromatic N) is 2. The molecule has 1 heterocycles. The van der Waals surface area contributed by atoms with Gasteiger partial charge in [0.2, 0.25) is 0 Å².